The van der Waals surface area contributed by atoms with Crippen LogP contribution in [0.2, 0.25) is 0 Å². The van der Waals surface area contributed by atoms with Crippen molar-refractivity contribution in [1.29, 1.82) is 0 Å². The number of aromatic carboxylic acids is 1. The van der Waals surface area contributed by atoms with Crippen molar-refractivity contribution in [3.8, 4) is 5.69 Å². The summed E-state index contributed by atoms with van der Waals surface area (Å²) < 4.78 is 1.57. The SMILES string of the molecule is Cc1cc(N)n(-c2ccc(C(=O)O)cc2)n1.[Cl-]. The van der Waals surface area contributed by atoms with Crippen molar-refractivity contribution in [3.05, 3.63) is 41.6 Å². The smallest absolute Gasteiger partial charge is 0.335 e. The second-order valence-corrected chi connectivity index (χ2v) is 3.47. The molecule has 0 saturated carbocycles. The predicted molar refractivity (Wildman–Crippen MR) is 59.7 cm³/mol. The second kappa shape index (κ2) is 4.88. The van der Waals surface area contributed by atoms with Crippen molar-refractivity contribution in [2.75, 3.05) is 5.73 Å². The van der Waals surface area contributed by atoms with Crippen LogP contribution in [0.1, 0.15) is 16.1 Å². The van der Waals surface area contributed by atoms with E-state index < -0.39 is 5.97 Å². The van der Waals surface area contributed by atoms with E-state index in [0.29, 0.717) is 5.82 Å². The lowest BCUT2D eigenvalue weighted by atomic mass is 10.2. The molecule has 1 aromatic heterocycles. The van der Waals surface area contributed by atoms with E-state index in [4.69, 9.17) is 10.8 Å². The maximum atomic E-state index is 10.7. The number of carboxylic acid groups (broad SMARTS) is 1. The monoisotopic (exact) mass is 252 g/mol. The molecule has 2 aromatic rings. The highest BCUT2D eigenvalue weighted by molar-refractivity contribution is 5.87. The lowest BCUT2D eigenvalue weighted by molar-refractivity contribution is -0.0000190. The Labute approximate surface area is 104 Å². The van der Waals surface area contributed by atoms with Gasteiger partial charge in [0.25, 0.3) is 0 Å². The molecule has 2 rings (SSSR count). The first-order chi connectivity index (χ1) is 7.58. The molecule has 0 saturated heterocycles. The fourth-order valence-electron chi connectivity index (χ4n) is 1.47. The summed E-state index contributed by atoms with van der Waals surface area (Å²) in [5.41, 5.74) is 7.56. The largest absolute Gasteiger partial charge is 1.00 e. The molecule has 0 bridgehead atoms. The van der Waals surface area contributed by atoms with Crippen LogP contribution in [0.4, 0.5) is 5.82 Å². The summed E-state index contributed by atoms with van der Waals surface area (Å²) in [5, 5.41) is 13.0. The standard InChI is InChI=1S/C11H11N3O2.ClH/c1-7-6-10(12)14(13-7)9-4-2-8(3-5-9)11(15)16;/h2-6H,12H2,1H3,(H,15,16);1H/p-1. The van der Waals surface area contributed by atoms with Gasteiger partial charge in [0, 0.05) is 6.07 Å². The molecule has 3 N–H and O–H groups in total. The molecule has 0 unspecified atom stereocenters. The van der Waals surface area contributed by atoms with E-state index in [0.717, 1.165) is 11.4 Å². The number of hydrogen-bond acceptors (Lipinski definition) is 3. The number of nitrogens with two attached hydrogens (primary N) is 1. The summed E-state index contributed by atoms with van der Waals surface area (Å²) in [4.78, 5) is 10.7. The van der Waals surface area contributed by atoms with Crippen molar-refractivity contribution in [2.24, 2.45) is 0 Å². The van der Waals surface area contributed by atoms with Gasteiger partial charge in [-0.2, -0.15) is 5.10 Å². The predicted octanol–water partition coefficient (Wildman–Crippen LogP) is -1.53. The molecular formula is C11H11ClN3O2-. The summed E-state index contributed by atoms with van der Waals surface area (Å²) in [6.45, 7) is 1.85. The van der Waals surface area contributed by atoms with Crippen molar-refractivity contribution >= 4 is 11.8 Å². The molecule has 0 atom stereocenters. The third kappa shape index (κ3) is 2.57. The van der Waals surface area contributed by atoms with Crippen LogP contribution in [0, 0.1) is 6.92 Å². The second-order valence-electron chi connectivity index (χ2n) is 3.47. The van der Waals surface area contributed by atoms with E-state index in [-0.39, 0.29) is 18.0 Å². The van der Waals surface area contributed by atoms with Gasteiger partial charge in [-0.1, -0.05) is 0 Å². The summed E-state index contributed by atoms with van der Waals surface area (Å²) >= 11 is 0. The minimum Gasteiger partial charge on any atom is -1.00 e. The van der Waals surface area contributed by atoms with Gasteiger partial charge in [-0.3, -0.25) is 0 Å². The van der Waals surface area contributed by atoms with E-state index in [9.17, 15) is 4.79 Å². The van der Waals surface area contributed by atoms with E-state index in [1.165, 1.54) is 12.1 Å². The van der Waals surface area contributed by atoms with Gasteiger partial charge in [0.2, 0.25) is 0 Å². The number of aryl methyl sites for hydroxylation is 1. The summed E-state index contributed by atoms with van der Waals surface area (Å²) in [6, 6.07) is 8.14. The normalized spacial score (nSPS) is 9.71. The number of hydrogen-bond donors (Lipinski definition) is 2. The highest BCUT2D eigenvalue weighted by Crippen LogP contribution is 2.14. The van der Waals surface area contributed by atoms with Gasteiger partial charge in [-0.05, 0) is 31.2 Å². The van der Waals surface area contributed by atoms with Crippen LogP contribution in [-0.4, -0.2) is 20.9 Å². The van der Waals surface area contributed by atoms with E-state index in [1.807, 2.05) is 6.92 Å². The van der Waals surface area contributed by atoms with Gasteiger partial charge in [0.1, 0.15) is 5.82 Å². The van der Waals surface area contributed by atoms with E-state index in [1.54, 1.807) is 22.9 Å². The van der Waals surface area contributed by atoms with Gasteiger partial charge in [0.05, 0.1) is 16.9 Å². The molecule has 0 aliphatic heterocycles. The number of aromatic nitrogens is 2. The highest BCUT2D eigenvalue weighted by Gasteiger charge is 2.06. The molecule has 1 aromatic carbocycles. The molecule has 0 aliphatic carbocycles. The average Bonchev–Trinajstić information content (AvgIpc) is 2.58. The molecule has 6 heteroatoms. The van der Waals surface area contributed by atoms with Crippen LogP contribution >= 0.6 is 0 Å². The number of anilines is 1. The zero-order valence-electron chi connectivity index (χ0n) is 9.09. The minimum atomic E-state index is -0.948. The number of carbonyl (C=O) groups is 1. The molecule has 0 fully saturated rings. The zero-order valence-corrected chi connectivity index (χ0v) is 9.85. The van der Waals surface area contributed by atoms with Gasteiger partial charge >= 0.3 is 5.97 Å². The molecule has 17 heavy (non-hydrogen) atoms. The molecule has 1 heterocycles. The van der Waals surface area contributed by atoms with Gasteiger partial charge < -0.3 is 23.2 Å². The lowest BCUT2D eigenvalue weighted by Crippen LogP contribution is -3.00. The van der Waals surface area contributed by atoms with Crippen molar-refractivity contribution in [2.45, 2.75) is 6.92 Å². The summed E-state index contributed by atoms with van der Waals surface area (Å²) in [7, 11) is 0. The topological polar surface area (TPSA) is 81.1 Å². The number of nitrogens with zero attached hydrogens (tertiary/aromatic N) is 2. The Bertz CT molecular complexity index is 534. The van der Waals surface area contributed by atoms with E-state index in [2.05, 4.69) is 5.10 Å². The molecular weight excluding hydrogens is 242 g/mol. The molecule has 90 valence electrons. The van der Waals surface area contributed by atoms with Crippen molar-refractivity contribution in [1.82, 2.24) is 9.78 Å². The Morgan fingerprint density at radius 2 is 1.94 bits per heavy atom. The number of halogens is 1. The Hall–Kier alpha value is -2.01. The minimum absolute atomic E-state index is 0. The average molecular weight is 253 g/mol. The van der Waals surface area contributed by atoms with Crippen LogP contribution in [0.25, 0.3) is 5.69 Å². The van der Waals surface area contributed by atoms with Crippen molar-refractivity contribution in [3.63, 3.8) is 0 Å². The van der Waals surface area contributed by atoms with Crippen LogP contribution < -0.4 is 18.1 Å². The number of carboxylic acids is 1. The van der Waals surface area contributed by atoms with Crippen LogP contribution in [0.5, 0.6) is 0 Å². The first-order valence-corrected chi connectivity index (χ1v) is 4.74. The molecule has 0 spiro atoms. The molecule has 5 nitrogen and oxygen atoms in total. The van der Waals surface area contributed by atoms with Crippen LogP contribution in [0.15, 0.2) is 30.3 Å². The Kier molecular flexibility index (Phi) is 3.75. The Balaban J connectivity index is 0.00000144. The van der Waals surface area contributed by atoms with Gasteiger partial charge in [-0.25, -0.2) is 9.48 Å². The molecule has 0 radical (unpaired) electrons. The van der Waals surface area contributed by atoms with Crippen LogP contribution in [0.3, 0.4) is 0 Å². The lowest BCUT2D eigenvalue weighted by Gasteiger charge is -2.03. The third-order valence-electron chi connectivity index (χ3n) is 2.22. The van der Waals surface area contributed by atoms with Gasteiger partial charge in [-0.15, -0.1) is 0 Å². The number of rotatable bonds is 2. The summed E-state index contributed by atoms with van der Waals surface area (Å²) in [6.07, 6.45) is 0. The quantitative estimate of drug-likeness (QED) is 0.679. The Morgan fingerprint density at radius 1 is 1.35 bits per heavy atom. The van der Waals surface area contributed by atoms with Crippen molar-refractivity contribution < 1.29 is 22.3 Å². The first kappa shape index (κ1) is 13.1. The molecule has 0 amide bonds. The molecule has 0 aliphatic rings. The number of nitrogen functional groups attached to an aromatic ring is 1. The maximum absolute atomic E-state index is 10.7. The third-order valence-corrected chi connectivity index (χ3v) is 2.22. The van der Waals surface area contributed by atoms with E-state index >= 15 is 0 Å². The highest BCUT2D eigenvalue weighted by atomic mass is 35.5. The fourth-order valence-corrected chi connectivity index (χ4v) is 1.47. The Morgan fingerprint density at radius 3 is 2.35 bits per heavy atom. The van der Waals surface area contributed by atoms with Gasteiger partial charge in [0.15, 0.2) is 0 Å². The zero-order chi connectivity index (χ0) is 11.7. The summed E-state index contributed by atoms with van der Waals surface area (Å²) in [5.74, 6) is -0.420. The fraction of sp³-hybridized carbons (Fsp3) is 0.0909. The number of benzene rings is 1. The van der Waals surface area contributed by atoms with Crippen LogP contribution in [-0.2, 0) is 0 Å². The first-order valence-electron chi connectivity index (χ1n) is 4.74. The maximum Gasteiger partial charge on any atom is 0.335 e.